The molecule has 3 nitrogen and oxygen atoms in total. The lowest BCUT2D eigenvalue weighted by atomic mass is 9.92. The molecule has 0 spiro atoms. The lowest BCUT2D eigenvalue weighted by Crippen LogP contribution is -2.22. The monoisotopic (exact) mass is 259 g/mol. The molecule has 1 heterocycles. The maximum Gasteiger partial charge on any atom is 0.132 e. The van der Waals surface area contributed by atoms with E-state index >= 15 is 0 Å². The molecule has 0 aromatic carbocycles. The van der Waals surface area contributed by atoms with Crippen molar-refractivity contribution in [2.24, 2.45) is 11.3 Å². The fraction of sp³-hybridized carbons (Fsp3) is 0.750. The fourth-order valence-electron chi connectivity index (χ4n) is 3.23. The fourth-order valence-corrected chi connectivity index (χ4v) is 3.23. The van der Waals surface area contributed by atoms with Crippen molar-refractivity contribution in [1.82, 2.24) is 9.97 Å². The molecular formula is C16H25N3. The van der Waals surface area contributed by atoms with Gasteiger partial charge in [-0.25, -0.2) is 9.97 Å². The summed E-state index contributed by atoms with van der Waals surface area (Å²) in [5, 5.41) is 3.63. The van der Waals surface area contributed by atoms with Crippen LogP contribution in [0.4, 0.5) is 5.82 Å². The molecule has 2 aliphatic carbocycles. The van der Waals surface area contributed by atoms with Crippen molar-refractivity contribution in [3.63, 3.8) is 0 Å². The van der Waals surface area contributed by atoms with Gasteiger partial charge < -0.3 is 5.32 Å². The summed E-state index contributed by atoms with van der Waals surface area (Å²) in [6.45, 7) is 5.76. The van der Waals surface area contributed by atoms with Crippen LogP contribution in [-0.4, -0.2) is 16.5 Å². The Balaban J connectivity index is 1.74. The van der Waals surface area contributed by atoms with Gasteiger partial charge in [0.05, 0.1) is 0 Å². The third-order valence-corrected chi connectivity index (χ3v) is 5.10. The van der Waals surface area contributed by atoms with Gasteiger partial charge in [-0.15, -0.1) is 0 Å². The molecule has 0 saturated heterocycles. The summed E-state index contributed by atoms with van der Waals surface area (Å²) in [4.78, 5) is 8.99. The highest BCUT2D eigenvalue weighted by atomic mass is 15.0. The van der Waals surface area contributed by atoms with Crippen LogP contribution in [0.1, 0.15) is 57.2 Å². The van der Waals surface area contributed by atoms with Crippen molar-refractivity contribution in [3.8, 4) is 0 Å². The van der Waals surface area contributed by atoms with Gasteiger partial charge >= 0.3 is 0 Å². The van der Waals surface area contributed by atoms with E-state index in [9.17, 15) is 0 Å². The summed E-state index contributed by atoms with van der Waals surface area (Å²) in [6.07, 6.45) is 10.6. The molecule has 1 aromatic heterocycles. The van der Waals surface area contributed by atoms with Gasteiger partial charge in [0.25, 0.3) is 0 Å². The van der Waals surface area contributed by atoms with E-state index in [0.717, 1.165) is 31.1 Å². The van der Waals surface area contributed by atoms with E-state index in [1.807, 2.05) is 0 Å². The SMILES string of the molecule is CC(C)C1(CNc2ncnc3c2CCCCC3)CC1. The maximum atomic E-state index is 4.50. The first-order valence-corrected chi connectivity index (χ1v) is 7.78. The highest BCUT2D eigenvalue weighted by Gasteiger charge is 2.45. The minimum Gasteiger partial charge on any atom is -0.369 e. The molecule has 2 aliphatic rings. The van der Waals surface area contributed by atoms with Crippen molar-refractivity contribution in [2.45, 2.75) is 58.8 Å². The number of aryl methyl sites for hydroxylation is 1. The average Bonchev–Trinajstić information content (AvgIpc) is 3.20. The highest BCUT2D eigenvalue weighted by molar-refractivity contribution is 5.47. The molecule has 1 fully saturated rings. The van der Waals surface area contributed by atoms with Gasteiger partial charge in [-0.2, -0.15) is 0 Å². The summed E-state index contributed by atoms with van der Waals surface area (Å²) < 4.78 is 0. The number of hydrogen-bond donors (Lipinski definition) is 1. The van der Waals surface area contributed by atoms with Crippen LogP contribution in [0.5, 0.6) is 0 Å². The summed E-state index contributed by atoms with van der Waals surface area (Å²) >= 11 is 0. The predicted molar refractivity (Wildman–Crippen MR) is 78.3 cm³/mol. The van der Waals surface area contributed by atoms with Gasteiger partial charge in [-0.05, 0) is 49.9 Å². The first-order chi connectivity index (χ1) is 9.21. The Bertz CT molecular complexity index is 449. The van der Waals surface area contributed by atoms with E-state index < -0.39 is 0 Å². The molecule has 0 aliphatic heterocycles. The van der Waals surface area contributed by atoms with E-state index in [4.69, 9.17) is 0 Å². The Kier molecular flexibility index (Phi) is 3.46. The topological polar surface area (TPSA) is 37.8 Å². The molecule has 0 amide bonds. The molecule has 1 N–H and O–H groups in total. The van der Waals surface area contributed by atoms with Crippen LogP contribution in [0.2, 0.25) is 0 Å². The Hall–Kier alpha value is -1.12. The van der Waals surface area contributed by atoms with Gasteiger partial charge in [0.1, 0.15) is 12.1 Å². The van der Waals surface area contributed by atoms with Crippen LogP contribution in [0, 0.1) is 11.3 Å². The smallest absolute Gasteiger partial charge is 0.132 e. The van der Waals surface area contributed by atoms with Crippen molar-refractivity contribution in [3.05, 3.63) is 17.6 Å². The Labute approximate surface area is 116 Å². The molecule has 1 aromatic rings. The van der Waals surface area contributed by atoms with Crippen molar-refractivity contribution < 1.29 is 0 Å². The zero-order valence-electron chi connectivity index (χ0n) is 12.2. The third-order valence-electron chi connectivity index (χ3n) is 5.10. The first-order valence-electron chi connectivity index (χ1n) is 7.78. The second kappa shape index (κ2) is 5.10. The summed E-state index contributed by atoms with van der Waals surface area (Å²) in [7, 11) is 0. The van der Waals surface area contributed by atoms with Crippen LogP contribution in [0.3, 0.4) is 0 Å². The number of rotatable bonds is 4. The van der Waals surface area contributed by atoms with Gasteiger partial charge in [-0.1, -0.05) is 20.3 Å². The van der Waals surface area contributed by atoms with Gasteiger partial charge in [0.2, 0.25) is 0 Å². The number of aromatic nitrogens is 2. The molecular weight excluding hydrogens is 234 g/mol. The van der Waals surface area contributed by atoms with E-state index in [0.29, 0.717) is 5.41 Å². The quantitative estimate of drug-likeness (QED) is 0.840. The molecule has 19 heavy (non-hydrogen) atoms. The highest BCUT2D eigenvalue weighted by Crippen LogP contribution is 2.51. The zero-order chi connectivity index (χ0) is 13.3. The van der Waals surface area contributed by atoms with Crippen LogP contribution >= 0.6 is 0 Å². The molecule has 3 heteroatoms. The maximum absolute atomic E-state index is 4.50. The number of anilines is 1. The summed E-state index contributed by atoms with van der Waals surface area (Å²) in [5.41, 5.74) is 3.20. The Morgan fingerprint density at radius 1 is 1.16 bits per heavy atom. The average molecular weight is 259 g/mol. The lowest BCUT2D eigenvalue weighted by molar-refractivity contribution is 0.379. The molecule has 3 rings (SSSR count). The van der Waals surface area contributed by atoms with Crippen molar-refractivity contribution in [1.29, 1.82) is 0 Å². The minimum atomic E-state index is 0.530. The second-order valence-electron chi connectivity index (χ2n) is 6.58. The molecule has 0 unspecified atom stereocenters. The van der Waals surface area contributed by atoms with E-state index in [-0.39, 0.29) is 0 Å². The Morgan fingerprint density at radius 3 is 2.68 bits per heavy atom. The molecule has 0 radical (unpaired) electrons. The molecule has 1 saturated carbocycles. The number of nitrogens with zero attached hydrogens (tertiary/aromatic N) is 2. The zero-order valence-corrected chi connectivity index (χ0v) is 12.2. The number of fused-ring (bicyclic) bond motifs is 1. The lowest BCUT2D eigenvalue weighted by Gasteiger charge is -2.21. The summed E-state index contributed by atoms with van der Waals surface area (Å²) in [5.74, 6) is 1.87. The van der Waals surface area contributed by atoms with Gasteiger partial charge in [0, 0.05) is 17.8 Å². The van der Waals surface area contributed by atoms with Crippen LogP contribution in [0.15, 0.2) is 6.33 Å². The van der Waals surface area contributed by atoms with E-state index in [2.05, 4.69) is 29.1 Å². The van der Waals surface area contributed by atoms with Crippen LogP contribution in [-0.2, 0) is 12.8 Å². The van der Waals surface area contributed by atoms with Crippen molar-refractivity contribution >= 4 is 5.82 Å². The third kappa shape index (κ3) is 2.60. The van der Waals surface area contributed by atoms with Gasteiger partial charge in [0.15, 0.2) is 0 Å². The molecule has 104 valence electrons. The Morgan fingerprint density at radius 2 is 1.95 bits per heavy atom. The number of hydrogen-bond acceptors (Lipinski definition) is 3. The van der Waals surface area contributed by atoms with E-state index in [1.165, 1.54) is 43.4 Å². The van der Waals surface area contributed by atoms with Crippen LogP contribution in [0.25, 0.3) is 0 Å². The first kappa shape index (κ1) is 12.9. The minimum absolute atomic E-state index is 0.530. The normalized spacial score (nSPS) is 20.8. The summed E-state index contributed by atoms with van der Waals surface area (Å²) in [6, 6.07) is 0. The second-order valence-corrected chi connectivity index (χ2v) is 6.58. The predicted octanol–water partition coefficient (Wildman–Crippen LogP) is 3.59. The van der Waals surface area contributed by atoms with Crippen molar-refractivity contribution in [2.75, 3.05) is 11.9 Å². The van der Waals surface area contributed by atoms with Crippen LogP contribution < -0.4 is 5.32 Å². The number of nitrogens with one attached hydrogen (secondary N) is 1. The molecule has 0 bridgehead atoms. The molecule has 0 atom stereocenters. The largest absolute Gasteiger partial charge is 0.369 e. The standard InChI is InChI=1S/C16H25N3/c1-12(2)16(8-9-16)10-17-15-13-6-4-3-5-7-14(13)18-11-19-15/h11-12H,3-10H2,1-2H3,(H,17,18,19). The van der Waals surface area contributed by atoms with E-state index in [1.54, 1.807) is 6.33 Å². The van der Waals surface area contributed by atoms with Gasteiger partial charge in [-0.3, -0.25) is 0 Å².